The zero-order valence-corrected chi connectivity index (χ0v) is 22.0. The van der Waals surface area contributed by atoms with Gasteiger partial charge in [-0.1, -0.05) is 30.0 Å². The molecule has 8 nitrogen and oxygen atoms in total. The Morgan fingerprint density at radius 1 is 1.07 bits per heavy atom. The van der Waals surface area contributed by atoms with Crippen molar-refractivity contribution in [3.8, 4) is 23.0 Å². The van der Waals surface area contributed by atoms with Crippen molar-refractivity contribution in [3.63, 3.8) is 0 Å². The Hall–Kier alpha value is -4.71. The molecule has 1 aliphatic heterocycles. The first-order valence-corrected chi connectivity index (χ1v) is 13.2. The number of ether oxygens (including phenoxy) is 1. The van der Waals surface area contributed by atoms with Crippen LogP contribution in [0.4, 0.5) is 0 Å². The van der Waals surface area contributed by atoms with E-state index in [0.717, 1.165) is 42.4 Å². The van der Waals surface area contributed by atoms with E-state index in [0.29, 0.717) is 46.1 Å². The molecule has 1 aliphatic rings. The van der Waals surface area contributed by atoms with E-state index in [1.807, 2.05) is 48.7 Å². The van der Waals surface area contributed by atoms with E-state index < -0.39 is 5.97 Å². The maximum atomic E-state index is 12.9. The van der Waals surface area contributed by atoms with Gasteiger partial charge in [-0.2, -0.15) is 4.98 Å². The van der Waals surface area contributed by atoms with Gasteiger partial charge >= 0.3 is 5.97 Å². The summed E-state index contributed by atoms with van der Waals surface area (Å²) in [4.78, 5) is 38.1. The number of hydrogen-bond donors (Lipinski definition) is 3. The lowest BCUT2D eigenvalue weighted by Crippen LogP contribution is -2.36. The third-order valence-electron chi connectivity index (χ3n) is 7.49. The maximum Gasteiger partial charge on any atom is 0.336 e. The summed E-state index contributed by atoms with van der Waals surface area (Å²) in [6, 6.07) is 18.3. The van der Waals surface area contributed by atoms with Crippen molar-refractivity contribution in [3.05, 3.63) is 99.7 Å². The fraction of sp³-hybridized carbons (Fsp3) is 0.219. The lowest BCUT2D eigenvalue weighted by molar-refractivity contribution is 0.0381. The lowest BCUT2D eigenvalue weighted by atomic mass is 9.93. The predicted octanol–water partition coefficient (Wildman–Crippen LogP) is 4.78. The molecule has 0 radical (unpaired) electrons. The summed E-state index contributed by atoms with van der Waals surface area (Å²) >= 11 is 0. The number of likely N-dealkylation sites (tertiary alicyclic amines) is 1. The van der Waals surface area contributed by atoms with Crippen molar-refractivity contribution in [2.24, 2.45) is 0 Å². The molecule has 3 heterocycles. The Labute approximate surface area is 230 Å². The first-order valence-electron chi connectivity index (χ1n) is 13.2. The fourth-order valence-electron chi connectivity index (χ4n) is 5.35. The molecule has 200 valence electrons. The molecule has 0 atom stereocenters. The molecule has 8 heteroatoms. The number of aromatic carboxylic acids is 1. The number of aromatic amines is 2. The van der Waals surface area contributed by atoms with Gasteiger partial charge in [0, 0.05) is 48.6 Å². The van der Waals surface area contributed by atoms with Crippen LogP contribution in [0.5, 0.6) is 0 Å². The van der Waals surface area contributed by atoms with Crippen molar-refractivity contribution < 1.29 is 14.6 Å². The summed E-state index contributed by atoms with van der Waals surface area (Å²) in [6.07, 6.45) is 4.08. The van der Waals surface area contributed by atoms with Gasteiger partial charge in [0.1, 0.15) is 5.82 Å². The quantitative estimate of drug-likeness (QED) is 0.281. The molecule has 0 aliphatic carbocycles. The molecule has 1 fully saturated rings. The van der Waals surface area contributed by atoms with Gasteiger partial charge in [0.15, 0.2) is 0 Å². The van der Waals surface area contributed by atoms with Crippen LogP contribution >= 0.6 is 0 Å². The van der Waals surface area contributed by atoms with Crippen molar-refractivity contribution in [1.29, 1.82) is 0 Å². The van der Waals surface area contributed by atoms with Crippen LogP contribution in [-0.2, 0) is 11.3 Å². The van der Waals surface area contributed by atoms with Gasteiger partial charge in [-0.15, -0.1) is 0 Å². The number of carbonyl (C=O) groups is 1. The maximum absolute atomic E-state index is 12.9. The molecule has 0 amide bonds. The predicted molar refractivity (Wildman–Crippen MR) is 154 cm³/mol. The molecule has 3 N–H and O–H groups in total. The standard InChI is InChI=1S/C32H28N4O4/c1-40-24-12-15-36(16-13-24)19-29-34-27-10-6-20(17-26(27)31(37)35-29)5-7-22-3-2-4-25(32(38)39)30(22)23-9-8-21-11-14-33-28(21)18-23/h2-4,6,8-11,14,17-18,24,33H,12-13,15-16,19H2,1H3,(H,38,39)(H,34,35,37). The lowest BCUT2D eigenvalue weighted by Gasteiger charge is -2.30. The van der Waals surface area contributed by atoms with Crippen LogP contribution in [0.25, 0.3) is 32.9 Å². The number of carboxylic acids is 1. The minimum absolute atomic E-state index is 0.177. The number of nitrogens with zero attached hydrogens (tertiary/aromatic N) is 2. The Kier molecular flexibility index (Phi) is 6.91. The van der Waals surface area contributed by atoms with Gasteiger partial charge in [-0.3, -0.25) is 9.69 Å². The highest BCUT2D eigenvalue weighted by molar-refractivity contribution is 5.99. The molecule has 0 saturated carbocycles. The van der Waals surface area contributed by atoms with Gasteiger partial charge in [0.2, 0.25) is 0 Å². The fourth-order valence-corrected chi connectivity index (χ4v) is 5.35. The largest absolute Gasteiger partial charge is 0.478 e. The number of rotatable bonds is 5. The third kappa shape index (κ3) is 5.13. The van der Waals surface area contributed by atoms with Crippen LogP contribution in [0.3, 0.4) is 0 Å². The number of nitrogens with one attached hydrogen (secondary N) is 2. The van der Waals surface area contributed by atoms with E-state index in [2.05, 4.69) is 31.7 Å². The van der Waals surface area contributed by atoms with Gasteiger partial charge in [0.05, 0.1) is 29.1 Å². The minimum atomic E-state index is -1.02. The van der Waals surface area contributed by atoms with Crippen LogP contribution in [0.2, 0.25) is 0 Å². The third-order valence-corrected chi connectivity index (χ3v) is 7.49. The first kappa shape index (κ1) is 25.6. The average Bonchev–Trinajstić information content (AvgIpc) is 3.44. The van der Waals surface area contributed by atoms with Crippen LogP contribution in [0, 0.1) is 11.8 Å². The second-order valence-corrected chi connectivity index (χ2v) is 10.0. The highest BCUT2D eigenvalue weighted by atomic mass is 16.5. The highest BCUT2D eigenvalue weighted by Gasteiger charge is 2.20. The number of fused-ring (bicyclic) bond motifs is 2. The van der Waals surface area contributed by atoms with Crippen molar-refractivity contribution in [2.45, 2.75) is 25.5 Å². The Bertz CT molecular complexity index is 1850. The monoisotopic (exact) mass is 532 g/mol. The minimum Gasteiger partial charge on any atom is -0.478 e. The summed E-state index contributed by atoms with van der Waals surface area (Å²) in [5.74, 6) is 5.90. The average molecular weight is 533 g/mol. The van der Waals surface area contributed by atoms with E-state index in [1.54, 1.807) is 25.3 Å². The summed E-state index contributed by atoms with van der Waals surface area (Å²) in [7, 11) is 1.75. The topological polar surface area (TPSA) is 111 Å². The van der Waals surface area contributed by atoms with Crippen LogP contribution < -0.4 is 5.56 Å². The molecule has 0 unspecified atom stereocenters. The molecule has 2 aromatic heterocycles. The molecule has 6 rings (SSSR count). The summed E-state index contributed by atoms with van der Waals surface area (Å²) in [5, 5.41) is 11.4. The molecule has 40 heavy (non-hydrogen) atoms. The Morgan fingerprint density at radius 3 is 2.73 bits per heavy atom. The molecular formula is C32H28N4O4. The molecular weight excluding hydrogens is 504 g/mol. The van der Waals surface area contributed by atoms with Gasteiger partial charge in [0.25, 0.3) is 5.56 Å². The SMILES string of the molecule is COC1CCN(Cc2nc(=O)c3cc(C#Cc4cccc(C(=O)O)c4-c4ccc5cc[nH]c5c4)ccc3[nH]2)CC1. The number of benzene rings is 3. The second kappa shape index (κ2) is 10.8. The smallest absolute Gasteiger partial charge is 0.336 e. The molecule has 3 aromatic carbocycles. The van der Waals surface area contributed by atoms with E-state index in [1.165, 1.54) is 0 Å². The summed E-state index contributed by atoms with van der Waals surface area (Å²) < 4.78 is 5.44. The Balaban J connectivity index is 1.31. The number of hydrogen-bond acceptors (Lipinski definition) is 5. The van der Waals surface area contributed by atoms with E-state index in [9.17, 15) is 14.7 Å². The molecule has 0 spiro atoms. The van der Waals surface area contributed by atoms with Crippen molar-refractivity contribution in [1.82, 2.24) is 19.9 Å². The van der Waals surface area contributed by atoms with Crippen LogP contribution in [0.1, 0.15) is 40.2 Å². The summed E-state index contributed by atoms with van der Waals surface area (Å²) in [6.45, 7) is 2.39. The first-order chi connectivity index (χ1) is 19.5. The number of aromatic nitrogens is 3. The van der Waals surface area contributed by atoms with Gasteiger partial charge in [-0.05, 0) is 66.3 Å². The van der Waals surface area contributed by atoms with Crippen LogP contribution in [0.15, 0.2) is 71.7 Å². The molecule has 5 aromatic rings. The van der Waals surface area contributed by atoms with Gasteiger partial charge < -0.3 is 19.8 Å². The van der Waals surface area contributed by atoms with E-state index in [-0.39, 0.29) is 11.1 Å². The van der Waals surface area contributed by atoms with Crippen LogP contribution in [-0.4, -0.2) is 57.2 Å². The number of methoxy groups -OCH3 is 1. The zero-order valence-electron chi connectivity index (χ0n) is 22.0. The molecule has 0 bridgehead atoms. The van der Waals surface area contributed by atoms with E-state index in [4.69, 9.17) is 4.74 Å². The Morgan fingerprint density at radius 2 is 1.93 bits per heavy atom. The van der Waals surface area contributed by atoms with Crippen molar-refractivity contribution >= 4 is 27.8 Å². The molecule has 1 saturated heterocycles. The zero-order chi connectivity index (χ0) is 27.6. The highest BCUT2D eigenvalue weighted by Crippen LogP contribution is 2.30. The van der Waals surface area contributed by atoms with E-state index >= 15 is 0 Å². The second-order valence-electron chi connectivity index (χ2n) is 10.0. The number of H-pyrrole nitrogens is 2. The number of carboxylic acid groups (broad SMARTS) is 1. The summed E-state index contributed by atoms with van der Waals surface area (Å²) in [5.41, 5.74) is 4.04. The van der Waals surface area contributed by atoms with Gasteiger partial charge in [-0.25, -0.2) is 4.79 Å². The number of piperidine rings is 1. The normalized spacial score (nSPS) is 14.3. The van der Waals surface area contributed by atoms with Crippen molar-refractivity contribution in [2.75, 3.05) is 20.2 Å².